The average molecular weight is 316 g/mol. The van der Waals surface area contributed by atoms with Crippen molar-refractivity contribution >= 4 is 35.1 Å². The SMILES string of the molecule is O=C(Cc1ccc(Cl)c(Cl)c1)NCC1(C(=O)O)CCC1. The van der Waals surface area contributed by atoms with Gasteiger partial charge in [0.2, 0.25) is 5.91 Å². The number of aliphatic carboxylic acids is 1. The molecule has 0 radical (unpaired) electrons. The van der Waals surface area contributed by atoms with Gasteiger partial charge in [0.05, 0.1) is 21.9 Å². The van der Waals surface area contributed by atoms with Gasteiger partial charge in [0.1, 0.15) is 0 Å². The third kappa shape index (κ3) is 3.25. The number of halogens is 2. The molecule has 2 rings (SSSR count). The molecule has 0 atom stereocenters. The Hall–Kier alpha value is -1.26. The highest BCUT2D eigenvalue weighted by atomic mass is 35.5. The van der Waals surface area contributed by atoms with E-state index < -0.39 is 11.4 Å². The van der Waals surface area contributed by atoms with E-state index in [0.29, 0.717) is 22.9 Å². The summed E-state index contributed by atoms with van der Waals surface area (Å²) in [4.78, 5) is 23.0. The number of hydrogen-bond donors (Lipinski definition) is 2. The maximum absolute atomic E-state index is 11.8. The highest BCUT2D eigenvalue weighted by Gasteiger charge is 2.44. The molecule has 1 aliphatic carbocycles. The van der Waals surface area contributed by atoms with Gasteiger partial charge in [-0.05, 0) is 30.5 Å². The maximum atomic E-state index is 11.8. The van der Waals surface area contributed by atoms with Crippen molar-refractivity contribution in [2.75, 3.05) is 6.54 Å². The highest BCUT2D eigenvalue weighted by Crippen LogP contribution is 2.40. The van der Waals surface area contributed by atoms with Gasteiger partial charge in [-0.15, -0.1) is 0 Å². The van der Waals surface area contributed by atoms with Gasteiger partial charge in [-0.25, -0.2) is 0 Å². The van der Waals surface area contributed by atoms with E-state index in [9.17, 15) is 9.59 Å². The molecular weight excluding hydrogens is 301 g/mol. The fourth-order valence-corrected chi connectivity index (χ4v) is 2.56. The van der Waals surface area contributed by atoms with Crippen LogP contribution >= 0.6 is 23.2 Å². The van der Waals surface area contributed by atoms with Crippen LogP contribution in [0.15, 0.2) is 18.2 Å². The molecule has 108 valence electrons. The van der Waals surface area contributed by atoms with Crippen molar-refractivity contribution in [2.24, 2.45) is 5.41 Å². The van der Waals surface area contributed by atoms with Gasteiger partial charge >= 0.3 is 5.97 Å². The van der Waals surface area contributed by atoms with E-state index in [1.54, 1.807) is 18.2 Å². The zero-order valence-electron chi connectivity index (χ0n) is 10.8. The van der Waals surface area contributed by atoms with E-state index in [4.69, 9.17) is 28.3 Å². The summed E-state index contributed by atoms with van der Waals surface area (Å²) in [6.07, 6.45) is 2.30. The fraction of sp³-hybridized carbons (Fsp3) is 0.429. The zero-order chi connectivity index (χ0) is 14.8. The topological polar surface area (TPSA) is 66.4 Å². The summed E-state index contributed by atoms with van der Waals surface area (Å²) < 4.78 is 0. The van der Waals surface area contributed by atoms with Crippen LogP contribution in [0.1, 0.15) is 24.8 Å². The first kappa shape index (κ1) is 15.1. The van der Waals surface area contributed by atoms with E-state index in [-0.39, 0.29) is 18.9 Å². The second kappa shape index (κ2) is 6.02. The molecule has 1 saturated carbocycles. The highest BCUT2D eigenvalue weighted by molar-refractivity contribution is 6.42. The largest absolute Gasteiger partial charge is 0.481 e. The molecule has 1 aliphatic rings. The van der Waals surface area contributed by atoms with Gasteiger partial charge < -0.3 is 10.4 Å². The number of nitrogens with one attached hydrogen (secondary N) is 1. The number of carbonyl (C=O) groups excluding carboxylic acids is 1. The number of rotatable bonds is 5. The van der Waals surface area contributed by atoms with Crippen LogP contribution in [0.4, 0.5) is 0 Å². The van der Waals surface area contributed by atoms with Gasteiger partial charge in [-0.2, -0.15) is 0 Å². The molecule has 4 nitrogen and oxygen atoms in total. The minimum atomic E-state index is -0.835. The predicted octanol–water partition coefficient (Wildman–Crippen LogP) is 2.91. The monoisotopic (exact) mass is 315 g/mol. The van der Waals surface area contributed by atoms with Gasteiger partial charge in [0, 0.05) is 6.54 Å². The number of carboxylic acid groups (broad SMARTS) is 1. The normalized spacial score (nSPS) is 16.3. The van der Waals surface area contributed by atoms with Crippen LogP contribution in [0.25, 0.3) is 0 Å². The molecule has 2 N–H and O–H groups in total. The Kier molecular flexibility index (Phi) is 4.55. The molecule has 0 aliphatic heterocycles. The Morgan fingerprint density at radius 1 is 1.25 bits per heavy atom. The summed E-state index contributed by atoms with van der Waals surface area (Å²) in [5.41, 5.74) is -0.0253. The molecule has 1 aromatic carbocycles. The standard InChI is InChI=1S/C14H15Cl2NO3/c15-10-3-2-9(6-11(10)16)7-12(18)17-8-14(13(19)20)4-1-5-14/h2-3,6H,1,4-5,7-8H2,(H,17,18)(H,19,20). The van der Waals surface area contributed by atoms with E-state index in [2.05, 4.69) is 5.32 Å². The number of amides is 1. The molecule has 0 heterocycles. The number of carbonyl (C=O) groups is 2. The van der Waals surface area contributed by atoms with Crippen molar-refractivity contribution < 1.29 is 14.7 Å². The van der Waals surface area contributed by atoms with Crippen LogP contribution in [0.2, 0.25) is 10.0 Å². The molecule has 20 heavy (non-hydrogen) atoms. The van der Waals surface area contributed by atoms with Crippen molar-refractivity contribution in [2.45, 2.75) is 25.7 Å². The van der Waals surface area contributed by atoms with E-state index >= 15 is 0 Å². The minimum Gasteiger partial charge on any atom is -0.481 e. The van der Waals surface area contributed by atoms with Crippen LogP contribution in [0, 0.1) is 5.41 Å². The van der Waals surface area contributed by atoms with E-state index in [1.165, 1.54) is 0 Å². The Morgan fingerprint density at radius 3 is 2.45 bits per heavy atom. The molecule has 1 amide bonds. The summed E-state index contributed by atoms with van der Waals surface area (Å²) in [6.45, 7) is 0.183. The molecule has 0 unspecified atom stereocenters. The summed E-state index contributed by atoms with van der Waals surface area (Å²) >= 11 is 11.7. The molecule has 6 heteroatoms. The average Bonchev–Trinajstić information content (AvgIpc) is 2.32. The number of carboxylic acids is 1. The lowest BCUT2D eigenvalue weighted by atomic mass is 9.69. The Morgan fingerprint density at radius 2 is 1.95 bits per heavy atom. The molecule has 0 saturated heterocycles. The number of hydrogen-bond acceptors (Lipinski definition) is 2. The predicted molar refractivity (Wildman–Crippen MR) is 77.1 cm³/mol. The maximum Gasteiger partial charge on any atom is 0.311 e. The summed E-state index contributed by atoms with van der Waals surface area (Å²) in [5.74, 6) is -1.05. The van der Waals surface area contributed by atoms with E-state index in [1.807, 2.05) is 0 Å². The van der Waals surface area contributed by atoms with Gasteiger partial charge in [-0.1, -0.05) is 35.7 Å². The Balaban J connectivity index is 1.89. The summed E-state index contributed by atoms with van der Waals surface area (Å²) in [5, 5.41) is 12.7. The number of benzene rings is 1. The third-order valence-electron chi connectivity index (χ3n) is 3.74. The van der Waals surface area contributed by atoms with Crippen LogP contribution in [0.5, 0.6) is 0 Å². The first-order valence-electron chi connectivity index (χ1n) is 6.37. The van der Waals surface area contributed by atoms with Crippen molar-refractivity contribution in [3.05, 3.63) is 33.8 Å². The molecule has 1 aromatic rings. The molecule has 0 bridgehead atoms. The van der Waals surface area contributed by atoms with E-state index in [0.717, 1.165) is 12.0 Å². The van der Waals surface area contributed by atoms with Crippen LogP contribution < -0.4 is 5.32 Å². The second-order valence-corrected chi connectivity index (χ2v) is 5.96. The van der Waals surface area contributed by atoms with Crippen molar-refractivity contribution in [3.8, 4) is 0 Å². The Labute approximate surface area is 127 Å². The molecule has 1 fully saturated rings. The summed E-state index contributed by atoms with van der Waals surface area (Å²) in [7, 11) is 0. The quantitative estimate of drug-likeness (QED) is 0.878. The lowest BCUT2D eigenvalue weighted by molar-refractivity contribution is -0.154. The zero-order valence-corrected chi connectivity index (χ0v) is 12.3. The summed E-state index contributed by atoms with van der Waals surface area (Å²) in [6, 6.07) is 5.00. The van der Waals surface area contributed by atoms with Crippen LogP contribution in [-0.4, -0.2) is 23.5 Å². The van der Waals surface area contributed by atoms with Crippen molar-refractivity contribution in [1.82, 2.24) is 5.32 Å². The first-order chi connectivity index (χ1) is 9.43. The van der Waals surface area contributed by atoms with Gasteiger partial charge in [0.25, 0.3) is 0 Å². The van der Waals surface area contributed by atoms with Crippen LogP contribution in [0.3, 0.4) is 0 Å². The minimum absolute atomic E-state index is 0.159. The third-order valence-corrected chi connectivity index (χ3v) is 4.48. The molecular formula is C14H15Cl2NO3. The smallest absolute Gasteiger partial charge is 0.311 e. The van der Waals surface area contributed by atoms with Gasteiger partial charge in [0.15, 0.2) is 0 Å². The van der Waals surface area contributed by atoms with Gasteiger partial charge in [-0.3, -0.25) is 9.59 Å². The molecule has 0 aromatic heterocycles. The lowest BCUT2D eigenvalue weighted by Crippen LogP contribution is -2.47. The van der Waals surface area contributed by atoms with Crippen LogP contribution in [-0.2, 0) is 16.0 Å². The molecule has 0 spiro atoms. The van der Waals surface area contributed by atoms with Crippen molar-refractivity contribution in [3.63, 3.8) is 0 Å². The first-order valence-corrected chi connectivity index (χ1v) is 7.13. The van der Waals surface area contributed by atoms with Crippen molar-refractivity contribution in [1.29, 1.82) is 0 Å². The lowest BCUT2D eigenvalue weighted by Gasteiger charge is -2.37. The fourth-order valence-electron chi connectivity index (χ4n) is 2.24. The Bertz CT molecular complexity index is 541. The second-order valence-electron chi connectivity index (χ2n) is 5.14.